The van der Waals surface area contributed by atoms with Crippen LogP contribution in [0, 0.1) is 12.8 Å². The number of hydrogen-bond donors (Lipinski definition) is 1. The zero-order valence-corrected chi connectivity index (χ0v) is 21.0. The van der Waals surface area contributed by atoms with Gasteiger partial charge in [0.05, 0.1) is 17.9 Å². The zero-order chi connectivity index (χ0) is 25.1. The minimum Gasteiger partial charge on any atom is -0.493 e. The van der Waals surface area contributed by atoms with Crippen molar-refractivity contribution in [1.29, 1.82) is 0 Å². The highest BCUT2D eigenvalue weighted by atomic mass is 16.5. The van der Waals surface area contributed by atoms with E-state index in [4.69, 9.17) is 4.74 Å². The van der Waals surface area contributed by atoms with Crippen molar-refractivity contribution in [1.82, 2.24) is 0 Å². The Morgan fingerprint density at radius 1 is 0.800 bits per heavy atom. The van der Waals surface area contributed by atoms with Gasteiger partial charge in [0.2, 0.25) is 0 Å². The summed E-state index contributed by atoms with van der Waals surface area (Å²) in [4.78, 5) is 28.4. The molecular weight excluding hydrogens is 436 g/mol. The third kappa shape index (κ3) is 5.29. The number of ether oxygens (including phenoxy) is 1. The molecule has 5 nitrogen and oxygen atoms in total. The lowest BCUT2D eigenvalue weighted by Gasteiger charge is -2.16. The highest BCUT2D eigenvalue weighted by molar-refractivity contribution is 6.46. The first-order chi connectivity index (χ1) is 16.7. The maximum absolute atomic E-state index is 13.6. The Balaban J connectivity index is 1.72. The van der Waals surface area contributed by atoms with Crippen molar-refractivity contribution in [2.75, 3.05) is 16.8 Å². The minimum absolute atomic E-state index is 0.267. The smallest absolute Gasteiger partial charge is 0.282 e. The summed E-state index contributed by atoms with van der Waals surface area (Å²) in [6.07, 6.45) is 0. The Morgan fingerprint density at radius 2 is 1.43 bits per heavy atom. The number of nitrogens with zero attached hydrogens (tertiary/aromatic N) is 1. The van der Waals surface area contributed by atoms with Crippen molar-refractivity contribution >= 4 is 28.8 Å². The number of imide groups is 1. The molecule has 180 valence electrons. The molecule has 2 amide bonds. The lowest BCUT2D eigenvalue weighted by molar-refractivity contribution is -0.120. The Labute approximate surface area is 207 Å². The molecule has 0 atom stereocenters. The number of rotatable bonds is 8. The molecule has 0 aromatic heterocycles. The first-order valence-electron chi connectivity index (χ1n) is 12.0. The van der Waals surface area contributed by atoms with Crippen LogP contribution in [0.5, 0.6) is 5.75 Å². The molecule has 0 aliphatic carbocycles. The second-order valence-electron chi connectivity index (χ2n) is 9.66. The molecule has 0 saturated heterocycles. The molecule has 0 unspecified atom stereocenters. The van der Waals surface area contributed by atoms with Crippen LogP contribution >= 0.6 is 0 Å². The number of carbonyl (C=O) groups excluding carboxylic acids is 2. The maximum atomic E-state index is 13.6. The standard InChI is InChI=1S/C30H32N2O3/c1-19(2)18-35-26-16-10-23(11-17-26)27-28(31-24-12-8-22(9-13-24)20(3)4)30(34)32(29(27)33)25-14-6-21(5)7-15-25/h6-17,19-20,31H,18H2,1-5H3. The minimum atomic E-state index is -0.373. The van der Waals surface area contributed by atoms with Crippen molar-refractivity contribution in [2.45, 2.75) is 40.5 Å². The average molecular weight is 469 g/mol. The van der Waals surface area contributed by atoms with Gasteiger partial charge in [-0.2, -0.15) is 0 Å². The summed E-state index contributed by atoms with van der Waals surface area (Å²) in [5.74, 6) is 0.821. The first kappa shape index (κ1) is 24.3. The number of anilines is 2. The van der Waals surface area contributed by atoms with Gasteiger partial charge in [-0.05, 0) is 66.3 Å². The van der Waals surface area contributed by atoms with Crippen molar-refractivity contribution in [3.8, 4) is 5.75 Å². The molecule has 35 heavy (non-hydrogen) atoms. The second kappa shape index (κ2) is 10.2. The Bertz CT molecular complexity index is 1240. The van der Waals surface area contributed by atoms with Gasteiger partial charge in [0.1, 0.15) is 11.4 Å². The third-order valence-corrected chi connectivity index (χ3v) is 5.95. The Hall–Kier alpha value is -3.86. The van der Waals surface area contributed by atoms with Crippen LogP contribution in [0.3, 0.4) is 0 Å². The molecule has 4 rings (SSSR count). The molecule has 0 saturated carbocycles. The topological polar surface area (TPSA) is 58.6 Å². The fourth-order valence-electron chi connectivity index (χ4n) is 3.92. The quantitative estimate of drug-likeness (QED) is 0.381. The van der Waals surface area contributed by atoms with Crippen LogP contribution in [0.25, 0.3) is 5.57 Å². The second-order valence-corrected chi connectivity index (χ2v) is 9.66. The Morgan fingerprint density at radius 3 is 2.00 bits per heavy atom. The van der Waals surface area contributed by atoms with E-state index in [0.29, 0.717) is 35.3 Å². The normalized spacial score (nSPS) is 13.9. The molecule has 5 heteroatoms. The van der Waals surface area contributed by atoms with Crippen LogP contribution in [0.1, 0.15) is 50.3 Å². The molecule has 0 radical (unpaired) electrons. The van der Waals surface area contributed by atoms with Crippen molar-refractivity contribution in [3.63, 3.8) is 0 Å². The van der Waals surface area contributed by atoms with Crippen LogP contribution in [-0.2, 0) is 9.59 Å². The molecule has 0 fully saturated rings. The predicted octanol–water partition coefficient (Wildman–Crippen LogP) is 6.55. The highest BCUT2D eigenvalue weighted by Crippen LogP contribution is 2.34. The van der Waals surface area contributed by atoms with E-state index < -0.39 is 0 Å². The van der Waals surface area contributed by atoms with Crippen molar-refractivity contribution < 1.29 is 14.3 Å². The van der Waals surface area contributed by atoms with E-state index in [1.807, 2.05) is 67.6 Å². The molecule has 1 N–H and O–H groups in total. The summed E-state index contributed by atoms with van der Waals surface area (Å²) in [5, 5.41) is 3.24. The van der Waals surface area contributed by atoms with E-state index in [0.717, 1.165) is 17.0 Å². The lowest BCUT2D eigenvalue weighted by Crippen LogP contribution is -2.32. The summed E-state index contributed by atoms with van der Waals surface area (Å²) in [6.45, 7) is 11.0. The number of amides is 2. The highest BCUT2D eigenvalue weighted by Gasteiger charge is 2.40. The van der Waals surface area contributed by atoms with E-state index in [-0.39, 0.29) is 17.5 Å². The third-order valence-electron chi connectivity index (χ3n) is 5.95. The van der Waals surface area contributed by atoms with Crippen LogP contribution in [0.15, 0.2) is 78.5 Å². The van der Waals surface area contributed by atoms with Crippen LogP contribution < -0.4 is 15.0 Å². The summed E-state index contributed by atoms with van der Waals surface area (Å²) in [5.41, 5.74) is 4.84. The van der Waals surface area contributed by atoms with E-state index in [9.17, 15) is 9.59 Å². The summed E-state index contributed by atoms with van der Waals surface area (Å²) in [6, 6.07) is 22.7. The van der Waals surface area contributed by atoms with Gasteiger partial charge >= 0.3 is 0 Å². The van der Waals surface area contributed by atoms with E-state index in [2.05, 4.69) is 33.0 Å². The van der Waals surface area contributed by atoms with Crippen molar-refractivity contribution in [2.24, 2.45) is 5.92 Å². The van der Waals surface area contributed by atoms with Gasteiger partial charge in [-0.1, -0.05) is 69.7 Å². The maximum Gasteiger partial charge on any atom is 0.282 e. The van der Waals surface area contributed by atoms with Gasteiger partial charge in [0.15, 0.2) is 0 Å². The number of benzene rings is 3. The first-order valence-corrected chi connectivity index (χ1v) is 12.0. The van der Waals surface area contributed by atoms with E-state index in [1.54, 1.807) is 12.1 Å². The molecule has 0 bridgehead atoms. The molecular formula is C30H32N2O3. The zero-order valence-electron chi connectivity index (χ0n) is 21.0. The van der Waals surface area contributed by atoms with Gasteiger partial charge in [0, 0.05) is 5.69 Å². The van der Waals surface area contributed by atoms with Crippen LogP contribution in [0.2, 0.25) is 0 Å². The fraction of sp³-hybridized carbons (Fsp3) is 0.267. The fourth-order valence-corrected chi connectivity index (χ4v) is 3.92. The van der Waals surface area contributed by atoms with Crippen molar-refractivity contribution in [3.05, 3.63) is 95.2 Å². The van der Waals surface area contributed by atoms with Crippen LogP contribution in [-0.4, -0.2) is 18.4 Å². The van der Waals surface area contributed by atoms with Gasteiger partial charge in [-0.25, -0.2) is 4.90 Å². The summed E-state index contributed by atoms with van der Waals surface area (Å²) < 4.78 is 5.79. The van der Waals surface area contributed by atoms with Crippen LogP contribution in [0.4, 0.5) is 11.4 Å². The molecule has 0 spiro atoms. The van der Waals surface area contributed by atoms with Gasteiger partial charge < -0.3 is 10.1 Å². The molecule has 1 heterocycles. The van der Waals surface area contributed by atoms with Gasteiger partial charge in [-0.15, -0.1) is 0 Å². The number of aryl methyl sites for hydroxylation is 1. The number of hydrogen-bond acceptors (Lipinski definition) is 4. The van der Waals surface area contributed by atoms with E-state index in [1.165, 1.54) is 10.5 Å². The SMILES string of the molecule is Cc1ccc(N2C(=O)C(Nc3ccc(C(C)C)cc3)=C(c3ccc(OCC(C)C)cc3)C2=O)cc1. The lowest BCUT2D eigenvalue weighted by atomic mass is 10.0. The largest absolute Gasteiger partial charge is 0.493 e. The number of carbonyl (C=O) groups is 2. The Kier molecular flexibility index (Phi) is 7.06. The van der Waals surface area contributed by atoms with Gasteiger partial charge in [-0.3, -0.25) is 9.59 Å². The average Bonchev–Trinajstić information content (AvgIpc) is 3.08. The molecule has 3 aromatic carbocycles. The summed E-state index contributed by atoms with van der Waals surface area (Å²) >= 11 is 0. The molecule has 3 aromatic rings. The molecule has 1 aliphatic heterocycles. The van der Waals surface area contributed by atoms with Gasteiger partial charge in [0.25, 0.3) is 11.8 Å². The predicted molar refractivity (Wildman–Crippen MR) is 142 cm³/mol. The molecule has 1 aliphatic rings. The monoisotopic (exact) mass is 468 g/mol. The number of nitrogens with one attached hydrogen (secondary N) is 1. The van der Waals surface area contributed by atoms with E-state index >= 15 is 0 Å². The summed E-state index contributed by atoms with van der Waals surface area (Å²) in [7, 11) is 0.